The molecule has 498 valence electrons. The molecule has 0 radical (unpaired) electrons. The number of hydrogen-bond acceptors (Lipinski definition) is 35. The van der Waals surface area contributed by atoms with Crippen molar-refractivity contribution in [1.82, 2.24) is 16.0 Å². The highest BCUT2D eigenvalue weighted by molar-refractivity contribution is 5.74. The van der Waals surface area contributed by atoms with Crippen LogP contribution in [-0.4, -0.2) is 369 Å². The maximum Gasteiger partial charge on any atom is 0.217 e. The van der Waals surface area contributed by atoms with Crippen LogP contribution in [-0.2, 0) is 76.0 Å². The van der Waals surface area contributed by atoms with Crippen molar-refractivity contribution in [3.05, 3.63) is 0 Å². The summed E-state index contributed by atoms with van der Waals surface area (Å²) in [7, 11) is 0. The lowest BCUT2D eigenvalue weighted by Gasteiger charge is -2.50. The molecule has 0 aliphatic carbocycles. The fraction of sp³-hybridized carbons (Fsp3) is 0.938. The maximum absolute atomic E-state index is 12.8. The molecule has 7 fully saturated rings. The number of amides is 3. The first kappa shape index (κ1) is 70.6. The van der Waals surface area contributed by atoms with E-state index in [1.54, 1.807) is 0 Å². The summed E-state index contributed by atoms with van der Waals surface area (Å²) in [5.41, 5.74) is 0. The van der Waals surface area contributed by atoms with E-state index in [1.165, 1.54) is 6.92 Å². The number of ether oxygens (including phenoxy) is 13. The Labute approximate surface area is 488 Å². The normalized spacial score (nSPS) is 47.5. The molecule has 38 nitrogen and oxygen atoms in total. The molecule has 7 saturated heterocycles. The number of aliphatic hydroxyl groups is 19. The second-order valence-electron chi connectivity index (χ2n) is 21.8. The van der Waals surface area contributed by atoms with E-state index in [-0.39, 0.29) is 0 Å². The molecule has 0 aromatic carbocycles. The van der Waals surface area contributed by atoms with Crippen molar-refractivity contribution in [3.63, 3.8) is 0 Å². The van der Waals surface area contributed by atoms with Crippen molar-refractivity contribution in [2.24, 2.45) is 0 Å². The lowest BCUT2D eigenvalue weighted by Crippen LogP contribution is -2.71. The first-order valence-corrected chi connectivity index (χ1v) is 27.5. The van der Waals surface area contributed by atoms with Crippen LogP contribution in [0.5, 0.6) is 0 Å². The van der Waals surface area contributed by atoms with E-state index in [2.05, 4.69) is 16.0 Å². The molecule has 0 saturated carbocycles. The van der Waals surface area contributed by atoms with Crippen LogP contribution in [0.15, 0.2) is 0 Å². The predicted octanol–water partition coefficient (Wildman–Crippen LogP) is -14.8. The Kier molecular flexibility index (Phi) is 25.0. The topological polar surface area (TPSA) is 592 Å². The first-order chi connectivity index (χ1) is 40.6. The number of carbonyl (C=O) groups excluding carboxylic acids is 3. The van der Waals surface area contributed by atoms with Crippen LogP contribution in [0.2, 0.25) is 0 Å². The van der Waals surface area contributed by atoms with E-state index in [0.717, 1.165) is 20.8 Å². The van der Waals surface area contributed by atoms with Crippen molar-refractivity contribution < 1.29 is 173 Å². The zero-order valence-corrected chi connectivity index (χ0v) is 46.5. The molecule has 0 unspecified atom stereocenters. The van der Waals surface area contributed by atoms with Gasteiger partial charge in [-0.25, -0.2) is 0 Å². The zero-order chi connectivity index (χ0) is 63.5. The Morgan fingerprint density at radius 3 is 1.40 bits per heavy atom. The standard InChI is InChI=1S/C48H81N3O35/c1-11-36(80-48-35(73)31(69)40(84-48)20(9-56)79-47-34(72)30(68)38(82-47)16(61)10-74-45-32(70)29(67)37(81-45)15(60)5-52)28(66)33(71)46(75-11)85-41-23(51-14(4)59)44(77-18(7-54)25(41)63)86-43-22(50-13(3)58)27(65)39(19(8-55)78-43)83-42-21(49-12(2)57)26(64)24(62)17(6-53)76-42/h11,15-48,52-56,60-73H,5-10H2,1-4H3,(H,49,57)(H,50,58)(H,51,59)/t11-,15+,16+,17+,18+,19+,20+,21+,22+,23+,24+,25+,26+,27+,28-,29+,30+,31+,32+,33+,34+,35+,36-,37-,38-,39+,40-,41+,42-,43-,44-,45+,46-,47+,48+/m0/s1. The van der Waals surface area contributed by atoms with Gasteiger partial charge < -0.3 is 175 Å². The number of rotatable bonds is 24. The van der Waals surface area contributed by atoms with E-state index in [1.807, 2.05) is 0 Å². The van der Waals surface area contributed by atoms with Gasteiger partial charge in [0.1, 0.15) is 165 Å². The molecule has 0 aromatic rings. The number of carbonyl (C=O) groups is 3. The molecule has 22 N–H and O–H groups in total. The Bertz CT molecular complexity index is 2170. The number of hydrogen-bond donors (Lipinski definition) is 22. The minimum Gasteiger partial charge on any atom is -0.394 e. The third-order valence-corrected chi connectivity index (χ3v) is 15.6. The average molecular weight is 1260 g/mol. The zero-order valence-electron chi connectivity index (χ0n) is 46.5. The average Bonchev–Trinajstić information content (AvgIpc) is 1.23. The summed E-state index contributed by atoms with van der Waals surface area (Å²) in [5.74, 6) is -2.38. The van der Waals surface area contributed by atoms with Gasteiger partial charge in [0.05, 0.1) is 45.7 Å². The van der Waals surface area contributed by atoms with Crippen molar-refractivity contribution in [2.75, 3.05) is 39.6 Å². The van der Waals surface area contributed by atoms with Crippen LogP contribution in [0.3, 0.4) is 0 Å². The van der Waals surface area contributed by atoms with Gasteiger partial charge in [-0.2, -0.15) is 0 Å². The molecule has 7 rings (SSSR count). The molecular weight excluding hydrogens is 1180 g/mol. The Morgan fingerprint density at radius 1 is 0.395 bits per heavy atom. The van der Waals surface area contributed by atoms with Crippen LogP contribution >= 0.6 is 0 Å². The van der Waals surface area contributed by atoms with Gasteiger partial charge >= 0.3 is 0 Å². The minimum atomic E-state index is -2.16. The quantitative estimate of drug-likeness (QED) is 0.0427. The van der Waals surface area contributed by atoms with Gasteiger partial charge in [-0.3, -0.25) is 14.4 Å². The number of nitrogens with one attached hydrogen (secondary N) is 3. The molecule has 7 heterocycles. The largest absolute Gasteiger partial charge is 0.394 e. The van der Waals surface area contributed by atoms with Crippen LogP contribution in [0.25, 0.3) is 0 Å². The van der Waals surface area contributed by atoms with Crippen molar-refractivity contribution >= 4 is 17.7 Å². The maximum atomic E-state index is 12.8. The summed E-state index contributed by atoms with van der Waals surface area (Å²) in [6, 6.07) is -4.98. The van der Waals surface area contributed by atoms with E-state index in [9.17, 15) is 111 Å². The van der Waals surface area contributed by atoms with Crippen LogP contribution in [0.4, 0.5) is 0 Å². The highest BCUT2D eigenvalue weighted by Crippen LogP contribution is 2.38. The summed E-state index contributed by atoms with van der Waals surface area (Å²) >= 11 is 0. The highest BCUT2D eigenvalue weighted by atomic mass is 16.8. The molecule has 0 bridgehead atoms. The predicted molar refractivity (Wildman–Crippen MR) is 265 cm³/mol. The van der Waals surface area contributed by atoms with Crippen LogP contribution in [0.1, 0.15) is 27.7 Å². The van der Waals surface area contributed by atoms with E-state index < -0.39 is 272 Å². The van der Waals surface area contributed by atoms with Gasteiger partial charge in [0, 0.05) is 20.8 Å². The molecule has 38 heteroatoms. The molecule has 35 atom stereocenters. The van der Waals surface area contributed by atoms with Gasteiger partial charge in [0.2, 0.25) is 17.7 Å². The fourth-order valence-corrected chi connectivity index (χ4v) is 11.1. The van der Waals surface area contributed by atoms with Crippen molar-refractivity contribution in [1.29, 1.82) is 0 Å². The third-order valence-electron chi connectivity index (χ3n) is 15.6. The summed E-state index contributed by atoms with van der Waals surface area (Å²) in [5, 5.41) is 210. The third kappa shape index (κ3) is 15.4. The summed E-state index contributed by atoms with van der Waals surface area (Å²) in [6.45, 7) is -1.07. The van der Waals surface area contributed by atoms with Gasteiger partial charge in [0.15, 0.2) is 44.0 Å². The van der Waals surface area contributed by atoms with Gasteiger partial charge in [-0.05, 0) is 6.92 Å². The van der Waals surface area contributed by atoms with Gasteiger partial charge in [0.25, 0.3) is 0 Å². The Balaban J connectivity index is 0.999. The fourth-order valence-electron chi connectivity index (χ4n) is 11.1. The summed E-state index contributed by atoms with van der Waals surface area (Å²) in [6.07, 6.45) is -57.5. The molecular formula is C48H81N3O35. The van der Waals surface area contributed by atoms with E-state index in [4.69, 9.17) is 61.6 Å². The monoisotopic (exact) mass is 1260 g/mol. The molecule has 86 heavy (non-hydrogen) atoms. The molecule has 0 spiro atoms. The summed E-state index contributed by atoms with van der Waals surface area (Å²) in [4.78, 5) is 37.6. The lowest BCUT2D eigenvalue weighted by molar-refractivity contribution is -0.378. The Morgan fingerprint density at radius 2 is 0.826 bits per heavy atom. The second-order valence-corrected chi connectivity index (χ2v) is 21.8. The summed E-state index contributed by atoms with van der Waals surface area (Å²) < 4.78 is 74.7. The SMILES string of the molecule is CC(=O)N[C@H]1[C@H](O[C@@H]2O[C@H](CO)[C@@H](O)[C@H](O[C@@H]3O[C@@H](C)[C@H](O[C@@H]4O[C@@H]([C@@H](CO)O[C@@H]5O[C@@H]([C@H](O)CO[C@@H]6O[C@@H]([C@H](O)CO)[C@H](O)[C@H]6O)[C@H](O)[C@H]5O)[C@H](O)[C@H]4O)[C@@H](O)[C@H]3O)[C@H]2NC(C)=O)O[C@H](CO)[C@@H](O[C@@H]2O[C@H](CO)[C@@H](O)[C@H](O)[C@H]2NC(C)=O)[C@@H]1O. The van der Waals surface area contributed by atoms with Crippen molar-refractivity contribution in [3.8, 4) is 0 Å². The minimum absolute atomic E-state index is 0.728. The number of aliphatic hydroxyl groups excluding tert-OH is 19. The lowest BCUT2D eigenvalue weighted by atomic mass is 9.94. The molecule has 7 aliphatic heterocycles. The van der Waals surface area contributed by atoms with Crippen molar-refractivity contribution in [2.45, 2.75) is 242 Å². The van der Waals surface area contributed by atoms with Gasteiger partial charge in [-0.15, -0.1) is 0 Å². The van der Waals surface area contributed by atoms with Crippen LogP contribution < -0.4 is 16.0 Å². The molecule has 0 aromatic heterocycles. The Hall–Kier alpha value is -2.87. The van der Waals surface area contributed by atoms with E-state index >= 15 is 0 Å². The molecule has 3 amide bonds. The molecule has 7 aliphatic rings. The highest BCUT2D eigenvalue weighted by Gasteiger charge is 2.59. The second kappa shape index (κ2) is 30.5. The van der Waals surface area contributed by atoms with Gasteiger partial charge in [-0.1, -0.05) is 0 Å². The smallest absolute Gasteiger partial charge is 0.217 e. The van der Waals surface area contributed by atoms with E-state index in [0.29, 0.717) is 0 Å². The first-order valence-electron chi connectivity index (χ1n) is 27.5. The van der Waals surface area contributed by atoms with Crippen LogP contribution in [0, 0.1) is 0 Å².